The van der Waals surface area contributed by atoms with E-state index in [0.717, 1.165) is 12.0 Å². The molecule has 6 heteroatoms. The fourth-order valence-electron chi connectivity index (χ4n) is 2.37. The first-order valence-corrected chi connectivity index (χ1v) is 8.45. The van der Waals surface area contributed by atoms with E-state index < -0.39 is 11.9 Å². The molecule has 0 unspecified atom stereocenters. The number of urea groups is 1. The van der Waals surface area contributed by atoms with E-state index in [-0.39, 0.29) is 12.6 Å². The molecule has 0 fully saturated rings. The molecule has 0 bridgehead atoms. The van der Waals surface area contributed by atoms with Crippen LogP contribution in [0.1, 0.15) is 37.6 Å². The average Bonchev–Trinajstić information content (AvgIpc) is 3.10. The van der Waals surface area contributed by atoms with Crippen LogP contribution in [0, 0.1) is 5.92 Å². The first-order valence-electron chi connectivity index (χ1n) is 8.45. The van der Waals surface area contributed by atoms with Gasteiger partial charge in [-0.1, -0.05) is 44.2 Å². The van der Waals surface area contributed by atoms with Crippen molar-refractivity contribution < 1.29 is 14.0 Å². The fraction of sp³-hybridized carbons (Fsp3) is 0.368. The summed E-state index contributed by atoms with van der Waals surface area (Å²) in [6.45, 7) is 4.70. The molecule has 0 aliphatic rings. The molecule has 0 radical (unpaired) electrons. The Bertz CT molecular complexity index is 654. The van der Waals surface area contributed by atoms with Crippen LogP contribution in [0.3, 0.4) is 0 Å². The predicted octanol–water partition coefficient (Wildman–Crippen LogP) is 2.83. The zero-order chi connectivity index (χ0) is 18.1. The van der Waals surface area contributed by atoms with Crippen molar-refractivity contribution in [2.75, 3.05) is 13.1 Å². The highest BCUT2D eigenvalue weighted by Gasteiger charge is 2.18. The van der Waals surface area contributed by atoms with Crippen LogP contribution in [0.5, 0.6) is 0 Å². The van der Waals surface area contributed by atoms with Crippen LogP contribution >= 0.6 is 0 Å². The van der Waals surface area contributed by atoms with Gasteiger partial charge in [-0.3, -0.25) is 15.4 Å². The maximum Gasteiger partial charge on any atom is 0.321 e. The quantitative estimate of drug-likeness (QED) is 0.688. The second-order valence-corrected chi connectivity index (χ2v) is 6.23. The standard InChI is InChI=1S/C19H25N3O3/c1-14(2)10-11-20-19(24)22-17(23)13-21-18(16-9-6-12-25-16)15-7-4-3-5-8-15/h3-9,12,14,18,21H,10-11,13H2,1-2H3,(H2,20,22,23,24)/t18-/m0/s1. The summed E-state index contributed by atoms with van der Waals surface area (Å²) in [5, 5.41) is 8.13. The van der Waals surface area contributed by atoms with Crippen molar-refractivity contribution in [2.24, 2.45) is 5.92 Å². The number of imide groups is 1. The summed E-state index contributed by atoms with van der Waals surface area (Å²) < 4.78 is 5.47. The minimum absolute atomic E-state index is 0.00212. The van der Waals surface area contributed by atoms with Crippen molar-refractivity contribution >= 4 is 11.9 Å². The molecule has 3 amide bonds. The highest BCUT2D eigenvalue weighted by atomic mass is 16.3. The average molecular weight is 343 g/mol. The lowest BCUT2D eigenvalue weighted by atomic mass is 10.0. The Morgan fingerprint density at radius 3 is 2.48 bits per heavy atom. The number of benzene rings is 1. The molecule has 25 heavy (non-hydrogen) atoms. The Kier molecular flexibility index (Phi) is 7.22. The molecule has 0 aliphatic carbocycles. The third-order valence-corrected chi connectivity index (χ3v) is 3.69. The van der Waals surface area contributed by atoms with E-state index in [0.29, 0.717) is 18.2 Å². The number of furan rings is 1. The van der Waals surface area contributed by atoms with Crippen LogP contribution in [0.15, 0.2) is 53.1 Å². The maximum absolute atomic E-state index is 12.0. The first-order chi connectivity index (χ1) is 12.1. The molecule has 1 heterocycles. The zero-order valence-corrected chi connectivity index (χ0v) is 14.6. The topological polar surface area (TPSA) is 83.4 Å². The van der Waals surface area contributed by atoms with Crippen LogP contribution in [0.25, 0.3) is 0 Å². The van der Waals surface area contributed by atoms with E-state index >= 15 is 0 Å². The molecule has 0 aliphatic heterocycles. The van der Waals surface area contributed by atoms with Gasteiger partial charge in [0.25, 0.3) is 0 Å². The monoisotopic (exact) mass is 343 g/mol. The van der Waals surface area contributed by atoms with E-state index in [4.69, 9.17) is 4.42 Å². The van der Waals surface area contributed by atoms with Crippen LogP contribution in [-0.2, 0) is 4.79 Å². The number of hydrogen-bond donors (Lipinski definition) is 3. The molecule has 0 spiro atoms. The summed E-state index contributed by atoms with van der Waals surface area (Å²) in [6.07, 6.45) is 2.46. The van der Waals surface area contributed by atoms with E-state index in [2.05, 4.69) is 29.8 Å². The van der Waals surface area contributed by atoms with Gasteiger partial charge in [-0.15, -0.1) is 0 Å². The van der Waals surface area contributed by atoms with Gasteiger partial charge in [0, 0.05) is 6.54 Å². The Morgan fingerprint density at radius 1 is 1.08 bits per heavy atom. The molecule has 0 saturated heterocycles. The number of hydrogen-bond acceptors (Lipinski definition) is 4. The Balaban J connectivity index is 1.86. The van der Waals surface area contributed by atoms with Crippen molar-refractivity contribution in [3.63, 3.8) is 0 Å². The highest BCUT2D eigenvalue weighted by molar-refractivity contribution is 5.95. The van der Waals surface area contributed by atoms with Crippen molar-refractivity contribution in [3.8, 4) is 0 Å². The largest absolute Gasteiger partial charge is 0.467 e. The molecule has 6 nitrogen and oxygen atoms in total. The lowest BCUT2D eigenvalue weighted by Gasteiger charge is -2.17. The number of carbonyl (C=O) groups excluding carboxylic acids is 2. The third kappa shape index (κ3) is 6.43. The summed E-state index contributed by atoms with van der Waals surface area (Å²) in [4.78, 5) is 23.7. The molecule has 1 aromatic carbocycles. The predicted molar refractivity (Wildman–Crippen MR) is 96.0 cm³/mol. The van der Waals surface area contributed by atoms with Gasteiger partial charge in [0.1, 0.15) is 5.76 Å². The lowest BCUT2D eigenvalue weighted by molar-refractivity contribution is -0.119. The van der Waals surface area contributed by atoms with Gasteiger partial charge in [-0.05, 0) is 30.0 Å². The van der Waals surface area contributed by atoms with Crippen molar-refractivity contribution in [3.05, 3.63) is 60.1 Å². The van der Waals surface area contributed by atoms with Gasteiger partial charge in [-0.25, -0.2) is 4.79 Å². The summed E-state index contributed by atoms with van der Waals surface area (Å²) >= 11 is 0. The summed E-state index contributed by atoms with van der Waals surface area (Å²) in [5.41, 5.74) is 0.978. The molecule has 2 aromatic rings. The van der Waals surface area contributed by atoms with Gasteiger partial charge in [0.05, 0.1) is 18.8 Å². The van der Waals surface area contributed by atoms with Crippen LogP contribution in [-0.4, -0.2) is 25.0 Å². The van der Waals surface area contributed by atoms with E-state index in [1.807, 2.05) is 36.4 Å². The van der Waals surface area contributed by atoms with Crippen molar-refractivity contribution in [1.82, 2.24) is 16.0 Å². The highest BCUT2D eigenvalue weighted by Crippen LogP contribution is 2.21. The Hall–Kier alpha value is -2.60. The third-order valence-electron chi connectivity index (χ3n) is 3.69. The number of carbonyl (C=O) groups is 2. The zero-order valence-electron chi connectivity index (χ0n) is 14.6. The molecule has 2 rings (SSSR count). The smallest absolute Gasteiger partial charge is 0.321 e. The van der Waals surface area contributed by atoms with Crippen LogP contribution in [0.2, 0.25) is 0 Å². The summed E-state index contributed by atoms with van der Waals surface area (Å²) in [5.74, 6) is 0.813. The van der Waals surface area contributed by atoms with E-state index in [1.54, 1.807) is 12.3 Å². The molecule has 3 N–H and O–H groups in total. The maximum atomic E-state index is 12.0. The Morgan fingerprint density at radius 2 is 1.84 bits per heavy atom. The van der Waals surface area contributed by atoms with Gasteiger partial charge in [0.15, 0.2) is 0 Å². The molecular weight excluding hydrogens is 318 g/mol. The fourth-order valence-corrected chi connectivity index (χ4v) is 2.37. The number of amides is 3. The van der Waals surface area contributed by atoms with Gasteiger partial charge < -0.3 is 9.73 Å². The second-order valence-electron chi connectivity index (χ2n) is 6.23. The lowest BCUT2D eigenvalue weighted by Crippen LogP contribution is -2.44. The molecule has 0 saturated carbocycles. The molecule has 134 valence electrons. The minimum Gasteiger partial charge on any atom is -0.467 e. The molecular formula is C19H25N3O3. The van der Waals surface area contributed by atoms with Crippen LogP contribution in [0.4, 0.5) is 4.79 Å². The van der Waals surface area contributed by atoms with E-state index in [9.17, 15) is 9.59 Å². The Labute approximate surface area is 148 Å². The first kappa shape index (κ1) is 18.7. The van der Waals surface area contributed by atoms with Crippen molar-refractivity contribution in [2.45, 2.75) is 26.3 Å². The van der Waals surface area contributed by atoms with Crippen LogP contribution < -0.4 is 16.0 Å². The molecule has 1 atom stereocenters. The number of rotatable bonds is 8. The number of nitrogens with one attached hydrogen (secondary N) is 3. The molecule has 1 aromatic heterocycles. The van der Waals surface area contributed by atoms with Gasteiger partial charge in [-0.2, -0.15) is 0 Å². The SMILES string of the molecule is CC(C)CCNC(=O)NC(=O)CN[C@@H](c1ccccc1)c1ccco1. The normalized spacial score (nSPS) is 12.0. The second kappa shape index (κ2) is 9.64. The van der Waals surface area contributed by atoms with Gasteiger partial charge in [0.2, 0.25) is 5.91 Å². The van der Waals surface area contributed by atoms with E-state index in [1.165, 1.54) is 0 Å². The summed E-state index contributed by atoms with van der Waals surface area (Å²) in [6, 6.07) is 12.6. The minimum atomic E-state index is -0.471. The summed E-state index contributed by atoms with van der Waals surface area (Å²) in [7, 11) is 0. The van der Waals surface area contributed by atoms with Crippen molar-refractivity contribution in [1.29, 1.82) is 0 Å². The van der Waals surface area contributed by atoms with Gasteiger partial charge >= 0.3 is 6.03 Å².